The number of alkyl halides is 2. The molecule has 0 fully saturated rings. The van der Waals surface area contributed by atoms with Crippen LogP contribution in [0, 0.1) is 0 Å². The van der Waals surface area contributed by atoms with Crippen LogP contribution in [0.3, 0.4) is 0 Å². The molecule has 126 valence electrons. The molecule has 0 saturated carbocycles. The van der Waals surface area contributed by atoms with Crippen molar-refractivity contribution in [2.75, 3.05) is 0 Å². The first-order valence-electron chi connectivity index (χ1n) is 7.89. The number of pyridine rings is 1. The van der Waals surface area contributed by atoms with E-state index < -0.39 is 6.43 Å². The van der Waals surface area contributed by atoms with Gasteiger partial charge in [-0.25, -0.2) is 18.4 Å². The number of aryl methyl sites for hydroxylation is 1. The van der Waals surface area contributed by atoms with Crippen molar-refractivity contribution in [3.63, 3.8) is 0 Å². The van der Waals surface area contributed by atoms with Gasteiger partial charge in [-0.05, 0) is 24.6 Å². The minimum absolute atomic E-state index is 0.234. The molecule has 0 aliphatic rings. The Bertz CT molecular complexity index is 781. The maximum atomic E-state index is 12.8. The average molecular weight is 332 g/mol. The van der Waals surface area contributed by atoms with Crippen LogP contribution in [-0.4, -0.2) is 29.9 Å². The van der Waals surface area contributed by atoms with E-state index in [-0.39, 0.29) is 5.69 Å². The number of H-pyrrole nitrogens is 1. The topological polar surface area (TPSA) is 72.3 Å². The SMILES string of the molecule is CCCCCc1nc(-c2cc(C(F)F)[nH]n2)n(-c2ccncc2)n1. The first-order chi connectivity index (χ1) is 11.7. The molecule has 0 bridgehead atoms. The Hall–Kier alpha value is -2.64. The molecule has 3 aromatic heterocycles. The van der Waals surface area contributed by atoms with Gasteiger partial charge in [0.2, 0.25) is 0 Å². The summed E-state index contributed by atoms with van der Waals surface area (Å²) in [4.78, 5) is 8.49. The zero-order valence-corrected chi connectivity index (χ0v) is 13.3. The van der Waals surface area contributed by atoms with Crippen molar-refractivity contribution in [1.82, 2.24) is 29.9 Å². The van der Waals surface area contributed by atoms with Crippen LogP contribution >= 0.6 is 0 Å². The summed E-state index contributed by atoms with van der Waals surface area (Å²) in [5.74, 6) is 1.12. The van der Waals surface area contributed by atoms with Gasteiger partial charge in [0.05, 0.1) is 5.69 Å². The standard InChI is InChI=1S/C16H18F2N6/c1-2-3-4-5-14-20-16(13-10-12(15(17)18)21-22-13)24(23-14)11-6-8-19-9-7-11/h6-10,15H,2-5H2,1H3,(H,21,22). The summed E-state index contributed by atoms with van der Waals surface area (Å²) >= 11 is 0. The number of rotatable bonds is 7. The molecule has 0 unspecified atom stereocenters. The number of unbranched alkanes of at least 4 members (excludes halogenated alkanes) is 2. The van der Waals surface area contributed by atoms with E-state index in [9.17, 15) is 8.78 Å². The molecule has 3 aromatic rings. The Kier molecular flexibility index (Phi) is 4.93. The molecule has 0 amide bonds. The van der Waals surface area contributed by atoms with Gasteiger partial charge in [-0.2, -0.15) is 10.2 Å². The third kappa shape index (κ3) is 3.47. The van der Waals surface area contributed by atoms with Crippen LogP contribution in [0.25, 0.3) is 17.2 Å². The maximum Gasteiger partial charge on any atom is 0.279 e. The molecule has 8 heteroatoms. The van der Waals surface area contributed by atoms with Crippen LogP contribution in [0.15, 0.2) is 30.6 Å². The van der Waals surface area contributed by atoms with Gasteiger partial charge in [0.1, 0.15) is 11.4 Å². The zero-order valence-electron chi connectivity index (χ0n) is 13.3. The lowest BCUT2D eigenvalue weighted by molar-refractivity contribution is 0.146. The highest BCUT2D eigenvalue weighted by molar-refractivity contribution is 5.53. The van der Waals surface area contributed by atoms with Gasteiger partial charge in [0, 0.05) is 18.8 Å². The van der Waals surface area contributed by atoms with Crippen molar-refractivity contribution in [1.29, 1.82) is 0 Å². The summed E-state index contributed by atoms with van der Waals surface area (Å²) in [6.07, 6.45) is 4.61. The fourth-order valence-corrected chi connectivity index (χ4v) is 2.39. The molecule has 0 aliphatic carbocycles. The molecule has 1 N–H and O–H groups in total. The highest BCUT2D eigenvalue weighted by atomic mass is 19.3. The van der Waals surface area contributed by atoms with E-state index in [1.807, 2.05) is 0 Å². The highest BCUT2D eigenvalue weighted by Crippen LogP contribution is 2.24. The van der Waals surface area contributed by atoms with Gasteiger partial charge in [0.25, 0.3) is 6.43 Å². The minimum Gasteiger partial charge on any atom is -0.276 e. The number of hydrogen-bond acceptors (Lipinski definition) is 4. The number of nitrogens with zero attached hydrogens (tertiary/aromatic N) is 5. The van der Waals surface area contributed by atoms with Crippen LogP contribution in [0.4, 0.5) is 8.78 Å². The minimum atomic E-state index is -2.60. The number of nitrogens with one attached hydrogen (secondary N) is 1. The van der Waals surface area contributed by atoms with Crippen molar-refractivity contribution in [2.45, 2.75) is 39.0 Å². The van der Waals surface area contributed by atoms with Crippen molar-refractivity contribution in [3.8, 4) is 17.2 Å². The van der Waals surface area contributed by atoms with E-state index in [0.29, 0.717) is 17.3 Å². The molecule has 0 aromatic carbocycles. The van der Waals surface area contributed by atoms with Gasteiger partial charge in [0.15, 0.2) is 11.6 Å². The highest BCUT2D eigenvalue weighted by Gasteiger charge is 2.18. The number of halogens is 2. The number of aromatic nitrogens is 6. The molecule has 0 radical (unpaired) electrons. The molecule has 24 heavy (non-hydrogen) atoms. The Morgan fingerprint density at radius 3 is 2.67 bits per heavy atom. The summed E-state index contributed by atoms with van der Waals surface area (Å²) in [7, 11) is 0. The second-order valence-electron chi connectivity index (χ2n) is 5.44. The lowest BCUT2D eigenvalue weighted by atomic mass is 10.2. The van der Waals surface area contributed by atoms with Gasteiger partial charge in [-0.1, -0.05) is 19.8 Å². The van der Waals surface area contributed by atoms with Crippen LogP contribution in [0.2, 0.25) is 0 Å². The summed E-state index contributed by atoms with van der Waals surface area (Å²) < 4.78 is 27.2. The largest absolute Gasteiger partial charge is 0.279 e. The molecule has 3 rings (SSSR count). The fourth-order valence-electron chi connectivity index (χ4n) is 2.39. The molecular weight excluding hydrogens is 314 g/mol. The van der Waals surface area contributed by atoms with Gasteiger partial charge in [-0.15, -0.1) is 0 Å². The Balaban J connectivity index is 1.98. The van der Waals surface area contributed by atoms with E-state index in [1.165, 1.54) is 6.07 Å². The van der Waals surface area contributed by atoms with Crippen molar-refractivity contribution in [2.24, 2.45) is 0 Å². The lowest BCUT2D eigenvalue weighted by Gasteiger charge is -2.02. The maximum absolute atomic E-state index is 12.8. The van der Waals surface area contributed by atoms with Gasteiger partial charge >= 0.3 is 0 Å². The number of hydrogen-bond donors (Lipinski definition) is 1. The molecule has 3 heterocycles. The number of aromatic amines is 1. The molecule has 0 saturated heterocycles. The predicted molar refractivity (Wildman–Crippen MR) is 84.9 cm³/mol. The summed E-state index contributed by atoms with van der Waals surface area (Å²) in [5.41, 5.74) is 0.869. The van der Waals surface area contributed by atoms with Crippen molar-refractivity contribution < 1.29 is 8.78 Å². The van der Waals surface area contributed by atoms with E-state index in [4.69, 9.17) is 0 Å². The van der Waals surface area contributed by atoms with E-state index in [2.05, 4.69) is 32.2 Å². The van der Waals surface area contributed by atoms with E-state index in [1.54, 1.807) is 29.2 Å². The quantitative estimate of drug-likeness (QED) is 0.669. The smallest absolute Gasteiger partial charge is 0.276 e. The van der Waals surface area contributed by atoms with E-state index >= 15 is 0 Å². The fraction of sp³-hybridized carbons (Fsp3) is 0.375. The summed E-state index contributed by atoms with van der Waals surface area (Å²) in [5, 5.41) is 10.8. The van der Waals surface area contributed by atoms with Crippen LogP contribution in [0.1, 0.15) is 44.1 Å². The molecule has 0 spiro atoms. The first kappa shape index (κ1) is 16.2. The average Bonchev–Trinajstić information content (AvgIpc) is 3.23. The van der Waals surface area contributed by atoms with Crippen LogP contribution in [0.5, 0.6) is 0 Å². The Morgan fingerprint density at radius 1 is 1.21 bits per heavy atom. The zero-order chi connectivity index (χ0) is 16.9. The summed E-state index contributed by atoms with van der Waals surface area (Å²) in [6.45, 7) is 2.13. The van der Waals surface area contributed by atoms with Crippen molar-refractivity contribution >= 4 is 0 Å². The predicted octanol–water partition coefficient (Wildman–Crippen LogP) is 3.72. The van der Waals surface area contributed by atoms with Crippen molar-refractivity contribution in [3.05, 3.63) is 42.1 Å². The lowest BCUT2D eigenvalue weighted by Crippen LogP contribution is -2.00. The Morgan fingerprint density at radius 2 is 2.00 bits per heavy atom. The second-order valence-corrected chi connectivity index (χ2v) is 5.44. The van der Waals surface area contributed by atoms with E-state index in [0.717, 1.165) is 31.4 Å². The molecular formula is C16H18F2N6. The van der Waals surface area contributed by atoms with Crippen LogP contribution in [-0.2, 0) is 6.42 Å². The van der Waals surface area contributed by atoms with Gasteiger partial charge < -0.3 is 0 Å². The molecule has 0 aliphatic heterocycles. The monoisotopic (exact) mass is 332 g/mol. The Labute approximate surface area is 138 Å². The third-order valence-electron chi connectivity index (χ3n) is 3.62. The second kappa shape index (κ2) is 7.29. The molecule has 6 nitrogen and oxygen atoms in total. The van der Waals surface area contributed by atoms with Gasteiger partial charge in [-0.3, -0.25) is 10.1 Å². The summed E-state index contributed by atoms with van der Waals surface area (Å²) in [6, 6.07) is 4.88. The normalized spacial score (nSPS) is 11.3. The first-order valence-corrected chi connectivity index (χ1v) is 7.89. The molecule has 0 atom stereocenters. The van der Waals surface area contributed by atoms with Crippen LogP contribution < -0.4 is 0 Å². The third-order valence-corrected chi connectivity index (χ3v) is 3.62.